The Morgan fingerprint density at radius 3 is 2.47 bits per heavy atom. The van der Waals surface area contributed by atoms with E-state index in [1.807, 2.05) is 43.5 Å². The van der Waals surface area contributed by atoms with Crippen molar-refractivity contribution in [1.82, 2.24) is 20.1 Å². The Kier molecular flexibility index (Phi) is 7.99. The topological polar surface area (TPSA) is 88.9 Å². The summed E-state index contributed by atoms with van der Waals surface area (Å²) in [5.74, 6) is -0.241. The molecular weight excluding hydrogens is 429 g/mol. The molecule has 1 aromatic heterocycles. The summed E-state index contributed by atoms with van der Waals surface area (Å²) in [4.78, 5) is 24.6. The van der Waals surface area contributed by atoms with Crippen LogP contribution in [0, 0.1) is 19.7 Å². The number of carbonyl (C=O) groups excluding carboxylic acids is 2. The van der Waals surface area contributed by atoms with Crippen molar-refractivity contribution >= 4 is 29.3 Å². The van der Waals surface area contributed by atoms with E-state index in [1.165, 1.54) is 30.0 Å². The van der Waals surface area contributed by atoms with Gasteiger partial charge < -0.3 is 15.2 Å². The molecule has 0 bridgehead atoms. The van der Waals surface area contributed by atoms with Crippen LogP contribution in [0.15, 0.2) is 47.6 Å². The normalized spacial score (nSPS) is 10.8. The van der Waals surface area contributed by atoms with Gasteiger partial charge in [0.05, 0.1) is 11.3 Å². The van der Waals surface area contributed by atoms with Gasteiger partial charge in [0.1, 0.15) is 11.6 Å². The molecule has 2 aromatic carbocycles. The van der Waals surface area contributed by atoms with Crippen molar-refractivity contribution < 1.29 is 14.0 Å². The molecule has 0 aliphatic rings. The van der Waals surface area contributed by atoms with Crippen LogP contribution in [0.25, 0.3) is 0 Å². The molecule has 3 aromatic rings. The Bertz CT molecular complexity index is 1100. The predicted octanol–water partition coefficient (Wildman–Crippen LogP) is 3.76. The van der Waals surface area contributed by atoms with E-state index in [0.29, 0.717) is 30.5 Å². The Morgan fingerprint density at radius 2 is 1.78 bits per heavy atom. The molecule has 0 spiro atoms. The largest absolute Gasteiger partial charge is 0.351 e. The molecule has 9 heteroatoms. The molecule has 1 heterocycles. The number of halogens is 1. The van der Waals surface area contributed by atoms with Crippen LogP contribution in [0.5, 0.6) is 0 Å². The van der Waals surface area contributed by atoms with Crippen molar-refractivity contribution in [2.45, 2.75) is 38.9 Å². The van der Waals surface area contributed by atoms with E-state index in [1.54, 1.807) is 6.07 Å². The SMILES string of the molecule is CCn1c(CCNC(=O)c2ccccc2F)nnc1SCC(=O)Nc1c(C)cccc1C. The van der Waals surface area contributed by atoms with Crippen LogP contribution < -0.4 is 10.6 Å². The number of thioether (sulfide) groups is 1. The molecule has 0 radical (unpaired) electrons. The number of amides is 2. The maximum atomic E-state index is 13.7. The standard InChI is InChI=1S/C23H26FN5O2S/c1-4-29-19(12-13-25-22(31)17-10-5-6-11-18(17)24)27-28-23(29)32-14-20(30)26-21-15(2)8-7-9-16(21)3/h5-11H,4,12-14H2,1-3H3,(H,25,31)(H,26,30). The van der Waals surface area contributed by atoms with Crippen molar-refractivity contribution in [3.8, 4) is 0 Å². The minimum absolute atomic E-state index is 0.00982. The third kappa shape index (κ3) is 5.73. The number of anilines is 1. The first-order valence-electron chi connectivity index (χ1n) is 10.3. The van der Waals surface area contributed by atoms with Crippen LogP contribution in [0.2, 0.25) is 0 Å². The lowest BCUT2D eigenvalue weighted by Gasteiger charge is -2.11. The minimum Gasteiger partial charge on any atom is -0.351 e. The molecule has 2 amide bonds. The molecular formula is C23H26FN5O2S. The highest BCUT2D eigenvalue weighted by Gasteiger charge is 2.15. The highest BCUT2D eigenvalue weighted by Crippen LogP contribution is 2.21. The third-order valence-electron chi connectivity index (χ3n) is 4.94. The van der Waals surface area contributed by atoms with Crippen molar-refractivity contribution in [2.24, 2.45) is 0 Å². The first-order valence-corrected chi connectivity index (χ1v) is 11.3. The summed E-state index contributed by atoms with van der Waals surface area (Å²) in [6.07, 6.45) is 0.441. The first-order chi connectivity index (χ1) is 15.4. The van der Waals surface area contributed by atoms with Crippen LogP contribution in [0.4, 0.5) is 10.1 Å². The summed E-state index contributed by atoms with van der Waals surface area (Å²) < 4.78 is 15.6. The number of nitrogens with one attached hydrogen (secondary N) is 2. The van der Waals surface area contributed by atoms with Gasteiger partial charge in [-0.25, -0.2) is 4.39 Å². The Morgan fingerprint density at radius 1 is 1.06 bits per heavy atom. The molecule has 0 saturated heterocycles. The van der Waals surface area contributed by atoms with E-state index in [4.69, 9.17) is 0 Å². The molecule has 168 valence electrons. The highest BCUT2D eigenvalue weighted by molar-refractivity contribution is 7.99. The van der Waals surface area contributed by atoms with E-state index in [-0.39, 0.29) is 17.2 Å². The molecule has 2 N–H and O–H groups in total. The maximum absolute atomic E-state index is 13.7. The number of benzene rings is 2. The third-order valence-corrected chi connectivity index (χ3v) is 5.91. The number of aromatic nitrogens is 3. The van der Waals surface area contributed by atoms with Crippen molar-refractivity contribution in [2.75, 3.05) is 17.6 Å². The van der Waals surface area contributed by atoms with Gasteiger partial charge in [0, 0.05) is 25.2 Å². The van der Waals surface area contributed by atoms with Gasteiger partial charge in [0.25, 0.3) is 5.91 Å². The lowest BCUT2D eigenvalue weighted by molar-refractivity contribution is -0.113. The van der Waals surface area contributed by atoms with Gasteiger partial charge in [-0.2, -0.15) is 0 Å². The minimum atomic E-state index is -0.556. The van der Waals surface area contributed by atoms with Crippen LogP contribution in [-0.2, 0) is 17.8 Å². The molecule has 32 heavy (non-hydrogen) atoms. The van der Waals surface area contributed by atoms with Crippen LogP contribution >= 0.6 is 11.8 Å². The van der Waals surface area contributed by atoms with E-state index in [2.05, 4.69) is 20.8 Å². The van der Waals surface area contributed by atoms with Gasteiger partial charge in [-0.1, -0.05) is 42.1 Å². The van der Waals surface area contributed by atoms with E-state index >= 15 is 0 Å². The van der Waals surface area contributed by atoms with Gasteiger partial charge in [-0.05, 0) is 44.0 Å². The molecule has 0 aliphatic heterocycles. The monoisotopic (exact) mass is 455 g/mol. The summed E-state index contributed by atoms with van der Waals surface area (Å²) in [6, 6.07) is 11.7. The van der Waals surface area contributed by atoms with Gasteiger partial charge in [-0.3, -0.25) is 9.59 Å². The number of nitrogens with zero attached hydrogens (tertiary/aromatic N) is 3. The van der Waals surface area contributed by atoms with Gasteiger partial charge in [-0.15, -0.1) is 10.2 Å². The molecule has 0 atom stereocenters. The average molecular weight is 456 g/mol. The zero-order valence-electron chi connectivity index (χ0n) is 18.3. The zero-order valence-corrected chi connectivity index (χ0v) is 19.1. The molecule has 7 nitrogen and oxygen atoms in total. The molecule has 0 fully saturated rings. The van der Waals surface area contributed by atoms with E-state index < -0.39 is 11.7 Å². The van der Waals surface area contributed by atoms with Gasteiger partial charge in [0.2, 0.25) is 5.91 Å². The smallest absolute Gasteiger partial charge is 0.254 e. The average Bonchev–Trinajstić information content (AvgIpc) is 3.17. The summed E-state index contributed by atoms with van der Waals surface area (Å²) in [7, 11) is 0. The van der Waals surface area contributed by atoms with Crippen LogP contribution in [0.3, 0.4) is 0 Å². The number of hydrogen-bond acceptors (Lipinski definition) is 5. The number of carbonyl (C=O) groups is 2. The number of para-hydroxylation sites is 1. The van der Waals surface area contributed by atoms with E-state index in [0.717, 1.165) is 16.8 Å². The lowest BCUT2D eigenvalue weighted by Crippen LogP contribution is -2.27. The second-order valence-corrected chi connectivity index (χ2v) is 8.17. The Balaban J connectivity index is 1.55. The Labute approximate surface area is 190 Å². The van der Waals surface area contributed by atoms with Gasteiger partial charge >= 0.3 is 0 Å². The predicted molar refractivity (Wildman–Crippen MR) is 123 cm³/mol. The summed E-state index contributed by atoms with van der Waals surface area (Å²) in [6.45, 7) is 6.81. The second-order valence-electron chi connectivity index (χ2n) is 7.23. The van der Waals surface area contributed by atoms with Crippen molar-refractivity contribution in [1.29, 1.82) is 0 Å². The molecule has 3 rings (SSSR count). The maximum Gasteiger partial charge on any atom is 0.254 e. The lowest BCUT2D eigenvalue weighted by atomic mass is 10.1. The van der Waals surface area contributed by atoms with Crippen LogP contribution in [0.1, 0.15) is 34.2 Å². The number of hydrogen-bond donors (Lipinski definition) is 2. The Hall–Kier alpha value is -3.20. The fourth-order valence-electron chi connectivity index (χ4n) is 3.27. The molecule has 0 unspecified atom stereocenters. The summed E-state index contributed by atoms with van der Waals surface area (Å²) in [5, 5.41) is 14.7. The summed E-state index contributed by atoms with van der Waals surface area (Å²) >= 11 is 1.31. The van der Waals surface area contributed by atoms with Crippen molar-refractivity contribution in [3.05, 3.63) is 70.8 Å². The summed E-state index contributed by atoms with van der Waals surface area (Å²) in [5.41, 5.74) is 2.87. The highest BCUT2D eigenvalue weighted by atomic mass is 32.2. The molecule has 0 saturated carbocycles. The van der Waals surface area contributed by atoms with Gasteiger partial charge in [0.15, 0.2) is 5.16 Å². The molecule has 0 aliphatic carbocycles. The van der Waals surface area contributed by atoms with Crippen LogP contribution in [-0.4, -0.2) is 38.9 Å². The fraction of sp³-hybridized carbons (Fsp3) is 0.304. The zero-order chi connectivity index (χ0) is 23.1. The quantitative estimate of drug-likeness (QED) is 0.480. The first kappa shape index (κ1) is 23.5. The fourth-order valence-corrected chi connectivity index (χ4v) is 4.10. The second kappa shape index (κ2) is 10.9. The number of rotatable bonds is 9. The van der Waals surface area contributed by atoms with Crippen molar-refractivity contribution in [3.63, 3.8) is 0 Å². The van der Waals surface area contributed by atoms with E-state index in [9.17, 15) is 14.0 Å². The number of aryl methyl sites for hydroxylation is 2.